The Morgan fingerprint density at radius 1 is 1.23 bits per heavy atom. The van der Waals surface area contributed by atoms with Crippen molar-refractivity contribution in [3.8, 4) is 0 Å². The molecule has 0 bridgehead atoms. The summed E-state index contributed by atoms with van der Waals surface area (Å²) < 4.78 is 5.79. The molecule has 2 heterocycles. The highest BCUT2D eigenvalue weighted by Crippen LogP contribution is 2.24. The smallest absolute Gasteiger partial charge is 0.264 e. The Hall–Kier alpha value is -1.85. The zero-order valence-corrected chi connectivity index (χ0v) is 16.9. The first-order valence-corrected chi connectivity index (χ1v) is 10.00. The minimum absolute atomic E-state index is 0.110. The fourth-order valence-electron chi connectivity index (χ4n) is 3.21. The molecule has 5 heteroatoms. The zero-order valence-electron chi connectivity index (χ0n) is 16.1. The maximum absolute atomic E-state index is 13.2. The molecule has 1 atom stereocenters. The quantitative estimate of drug-likeness (QED) is 0.760. The summed E-state index contributed by atoms with van der Waals surface area (Å²) >= 11 is 1.59. The number of hydrogen-bond acceptors (Lipinski definition) is 4. The van der Waals surface area contributed by atoms with Crippen molar-refractivity contribution < 1.29 is 9.53 Å². The van der Waals surface area contributed by atoms with Crippen LogP contribution in [0.25, 0.3) is 0 Å². The van der Waals surface area contributed by atoms with Gasteiger partial charge in [0.2, 0.25) is 0 Å². The molecule has 1 aliphatic heterocycles. The van der Waals surface area contributed by atoms with Crippen LogP contribution in [0.5, 0.6) is 0 Å². The monoisotopic (exact) mass is 372 g/mol. The number of carbonyl (C=O) groups excluding carboxylic acids is 1. The SMILES string of the molecule is Cc1cc(C(=O)N(Cc2ccc(N(C)C)cc2)CC2CCCO2)sc1C. The Balaban J connectivity index is 1.78. The number of nitrogens with zero attached hydrogens (tertiary/aromatic N) is 2. The van der Waals surface area contributed by atoms with Crippen LogP contribution in [-0.2, 0) is 11.3 Å². The van der Waals surface area contributed by atoms with Crippen LogP contribution >= 0.6 is 11.3 Å². The number of ether oxygens (including phenoxy) is 1. The van der Waals surface area contributed by atoms with E-state index in [0.29, 0.717) is 13.1 Å². The summed E-state index contributed by atoms with van der Waals surface area (Å²) in [7, 11) is 4.06. The molecule has 4 nitrogen and oxygen atoms in total. The molecule has 1 aromatic carbocycles. The van der Waals surface area contributed by atoms with Gasteiger partial charge in [-0.3, -0.25) is 4.79 Å². The Labute approximate surface area is 160 Å². The van der Waals surface area contributed by atoms with Gasteiger partial charge < -0.3 is 14.5 Å². The lowest BCUT2D eigenvalue weighted by molar-refractivity contribution is 0.0511. The molecule has 2 aromatic rings. The van der Waals surface area contributed by atoms with Gasteiger partial charge in [0.25, 0.3) is 5.91 Å². The van der Waals surface area contributed by atoms with Crippen LogP contribution in [0.15, 0.2) is 30.3 Å². The van der Waals surface area contributed by atoms with Gasteiger partial charge in [-0.15, -0.1) is 11.3 Å². The average Bonchev–Trinajstić information content (AvgIpc) is 3.24. The first kappa shape index (κ1) is 18.9. The molecule has 26 heavy (non-hydrogen) atoms. The second-order valence-electron chi connectivity index (χ2n) is 7.23. The predicted octanol–water partition coefficient (Wildman–Crippen LogP) is 4.25. The molecule has 0 spiro atoms. The summed E-state index contributed by atoms with van der Waals surface area (Å²) in [5.74, 6) is 0.110. The number of rotatable bonds is 6. The molecule has 1 saturated heterocycles. The normalized spacial score (nSPS) is 16.7. The standard InChI is InChI=1S/C21H28N2O2S/c1-15-12-20(26-16(15)2)21(24)23(14-19-6-5-11-25-19)13-17-7-9-18(10-8-17)22(3)4/h7-10,12,19H,5-6,11,13-14H2,1-4H3. The number of benzene rings is 1. The van der Waals surface area contributed by atoms with Crippen molar-refractivity contribution >= 4 is 22.9 Å². The fourth-order valence-corrected chi connectivity index (χ4v) is 4.21. The van der Waals surface area contributed by atoms with E-state index in [-0.39, 0.29) is 12.0 Å². The van der Waals surface area contributed by atoms with E-state index in [9.17, 15) is 4.79 Å². The summed E-state index contributed by atoms with van der Waals surface area (Å²) in [6, 6.07) is 10.4. The Kier molecular flexibility index (Phi) is 5.99. The molecular weight excluding hydrogens is 344 g/mol. The van der Waals surface area contributed by atoms with Gasteiger partial charge in [0, 0.05) is 44.4 Å². The van der Waals surface area contributed by atoms with Crippen molar-refractivity contribution in [1.82, 2.24) is 4.90 Å². The Bertz CT molecular complexity index is 726. The number of anilines is 1. The molecular formula is C21H28N2O2S. The second kappa shape index (κ2) is 8.23. The average molecular weight is 373 g/mol. The van der Waals surface area contributed by atoms with E-state index in [1.165, 1.54) is 10.4 Å². The van der Waals surface area contributed by atoms with Crippen LogP contribution < -0.4 is 4.90 Å². The number of aryl methyl sites for hydroxylation is 2. The summed E-state index contributed by atoms with van der Waals surface area (Å²) in [5.41, 5.74) is 3.49. The molecule has 1 fully saturated rings. The number of thiophene rings is 1. The second-order valence-corrected chi connectivity index (χ2v) is 8.49. The highest BCUT2D eigenvalue weighted by Gasteiger charge is 2.25. The van der Waals surface area contributed by atoms with Gasteiger partial charge in [-0.05, 0) is 56.0 Å². The van der Waals surface area contributed by atoms with E-state index >= 15 is 0 Å². The number of carbonyl (C=O) groups is 1. The number of hydrogen-bond donors (Lipinski definition) is 0. The van der Waals surface area contributed by atoms with Crippen LogP contribution in [0.1, 0.15) is 38.5 Å². The molecule has 0 radical (unpaired) electrons. The maximum atomic E-state index is 13.2. The summed E-state index contributed by atoms with van der Waals surface area (Å²) in [6.07, 6.45) is 2.27. The van der Waals surface area contributed by atoms with Crippen molar-refractivity contribution in [3.63, 3.8) is 0 Å². The molecule has 140 valence electrons. The molecule has 3 rings (SSSR count). The van der Waals surface area contributed by atoms with E-state index in [1.807, 2.05) is 25.1 Å². The third-order valence-corrected chi connectivity index (χ3v) is 6.08. The maximum Gasteiger partial charge on any atom is 0.264 e. The van der Waals surface area contributed by atoms with Gasteiger partial charge >= 0.3 is 0 Å². The fraction of sp³-hybridized carbons (Fsp3) is 0.476. The summed E-state index contributed by atoms with van der Waals surface area (Å²) in [4.78, 5) is 19.2. The van der Waals surface area contributed by atoms with Gasteiger partial charge in [0.1, 0.15) is 0 Å². The Morgan fingerprint density at radius 3 is 2.50 bits per heavy atom. The first-order valence-electron chi connectivity index (χ1n) is 9.18. The highest BCUT2D eigenvalue weighted by molar-refractivity contribution is 7.14. The zero-order chi connectivity index (χ0) is 18.7. The van der Waals surface area contributed by atoms with E-state index in [1.54, 1.807) is 11.3 Å². The van der Waals surface area contributed by atoms with Crippen molar-refractivity contribution in [2.75, 3.05) is 32.1 Å². The lowest BCUT2D eigenvalue weighted by atomic mass is 10.1. The van der Waals surface area contributed by atoms with Crippen molar-refractivity contribution in [2.24, 2.45) is 0 Å². The molecule has 1 unspecified atom stereocenters. The van der Waals surface area contributed by atoms with Gasteiger partial charge in [0.05, 0.1) is 11.0 Å². The highest BCUT2D eigenvalue weighted by atomic mass is 32.1. The van der Waals surface area contributed by atoms with Crippen molar-refractivity contribution in [2.45, 2.75) is 39.3 Å². The molecule has 0 saturated carbocycles. The third-order valence-electron chi connectivity index (χ3n) is 4.94. The van der Waals surface area contributed by atoms with E-state index in [0.717, 1.165) is 35.6 Å². The largest absolute Gasteiger partial charge is 0.378 e. The van der Waals surface area contributed by atoms with Gasteiger partial charge in [-0.25, -0.2) is 0 Å². The van der Waals surface area contributed by atoms with Crippen LogP contribution in [0.2, 0.25) is 0 Å². The third kappa shape index (κ3) is 4.46. The lowest BCUT2D eigenvalue weighted by Crippen LogP contribution is -2.36. The van der Waals surface area contributed by atoms with Gasteiger partial charge in [-0.2, -0.15) is 0 Å². The minimum Gasteiger partial charge on any atom is -0.378 e. The van der Waals surface area contributed by atoms with Crippen LogP contribution in [0.3, 0.4) is 0 Å². The number of amides is 1. The molecule has 0 N–H and O–H groups in total. The Morgan fingerprint density at radius 2 is 1.96 bits per heavy atom. The first-order chi connectivity index (χ1) is 12.4. The lowest BCUT2D eigenvalue weighted by Gasteiger charge is -2.25. The van der Waals surface area contributed by atoms with E-state index < -0.39 is 0 Å². The summed E-state index contributed by atoms with van der Waals surface area (Å²) in [5, 5.41) is 0. The molecule has 0 aliphatic carbocycles. The van der Waals surface area contributed by atoms with Gasteiger partial charge in [0.15, 0.2) is 0 Å². The molecule has 1 amide bonds. The van der Waals surface area contributed by atoms with Crippen molar-refractivity contribution in [3.05, 3.63) is 51.2 Å². The molecule has 1 aliphatic rings. The molecule has 1 aromatic heterocycles. The van der Waals surface area contributed by atoms with Crippen LogP contribution in [0, 0.1) is 13.8 Å². The van der Waals surface area contributed by atoms with Crippen LogP contribution in [-0.4, -0.2) is 44.2 Å². The minimum atomic E-state index is 0.110. The van der Waals surface area contributed by atoms with E-state index in [2.05, 4.69) is 43.0 Å². The van der Waals surface area contributed by atoms with Crippen molar-refractivity contribution in [1.29, 1.82) is 0 Å². The topological polar surface area (TPSA) is 32.8 Å². The summed E-state index contributed by atoms with van der Waals surface area (Å²) in [6.45, 7) is 6.21. The van der Waals surface area contributed by atoms with Gasteiger partial charge in [-0.1, -0.05) is 12.1 Å². The van der Waals surface area contributed by atoms with E-state index in [4.69, 9.17) is 4.74 Å². The van der Waals surface area contributed by atoms with Crippen LogP contribution in [0.4, 0.5) is 5.69 Å². The predicted molar refractivity (Wildman–Crippen MR) is 108 cm³/mol.